The van der Waals surface area contributed by atoms with Crippen LogP contribution in [0.2, 0.25) is 0 Å². The van der Waals surface area contributed by atoms with E-state index in [0.717, 1.165) is 6.54 Å². The van der Waals surface area contributed by atoms with E-state index in [4.69, 9.17) is 0 Å². The fourth-order valence-corrected chi connectivity index (χ4v) is 2.61. The van der Waals surface area contributed by atoms with Crippen LogP contribution in [0.25, 0.3) is 0 Å². The van der Waals surface area contributed by atoms with Crippen LogP contribution in [0.15, 0.2) is 30.3 Å². The molecule has 2 nitrogen and oxygen atoms in total. The van der Waals surface area contributed by atoms with E-state index in [0.29, 0.717) is 12.1 Å². The standard InChI is InChI=1S/C15H24N2/c1-15(2,3)17-13-10-7-11-16-14(13)12-8-5-4-6-9-12/h4-6,8-9,13-14,16-17H,7,10-11H2,1-3H3/t13-,14+/m1/s1. The molecule has 0 saturated carbocycles. The van der Waals surface area contributed by atoms with Crippen LogP contribution in [0, 0.1) is 0 Å². The molecule has 17 heavy (non-hydrogen) atoms. The molecular formula is C15H24N2. The van der Waals surface area contributed by atoms with Crippen LogP contribution in [0.1, 0.15) is 45.2 Å². The zero-order valence-corrected chi connectivity index (χ0v) is 11.2. The Kier molecular flexibility index (Phi) is 3.85. The fraction of sp³-hybridized carbons (Fsp3) is 0.600. The molecule has 1 aliphatic rings. The maximum atomic E-state index is 3.74. The highest BCUT2D eigenvalue weighted by atomic mass is 15.1. The maximum absolute atomic E-state index is 3.74. The van der Waals surface area contributed by atoms with Gasteiger partial charge in [0.15, 0.2) is 0 Å². The molecule has 1 fully saturated rings. The second-order valence-corrected chi connectivity index (χ2v) is 5.99. The number of piperidine rings is 1. The Morgan fingerprint density at radius 1 is 1.18 bits per heavy atom. The number of hydrogen-bond donors (Lipinski definition) is 2. The van der Waals surface area contributed by atoms with Gasteiger partial charge in [-0.25, -0.2) is 0 Å². The molecule has 0 aliphatic carbocycles. The van der Waals surface area contributed by atoms with Crippen molar-refractivity contribution in [2.45, 2.75) is 51.2 Å². The highest BCUT2D eigenvalue weighted by molar-refractivity contribution is 5.21. The summed E-state index contributed by atoms with van der Waals surface area (Å²) in [6.45, 7) is 7.85. The van der Waals surface area contributed by atoms with Crippen LogP contribution in [0.5, 0.6) is 0 Å². The summed E-state index contributed by atoms with van der Waals surface area (Å²) >= 11 is 0. The summed E-state index contributed by atoms with van der Waals surface area (Å²) in [6.07, 6.45) is 2.51. The highest BCUT2D eigenvalue weighted by Gasteiger charge is 2.28. The number of nitrogens with one attached hydrogen (secondary N) is 2. The van der Waals surface area contributed by atoms with E-state index < -0.39 is 0 Å². The summed E-state index contributed by atoms with van der Waals surface area (Å²) in [7, 11) is 0. The number of benzene rings is 1. The molecule has 1 aromatic rings. The average Bonchev–Trinajstić information content (AvgIpc) is 2.29. The smallest absolute Gasteiger partial charge is 0.0476 e. The molecule has 2 rings (SSSR count). The summed E-state index contributed by atoms with van der Waals surface area (Å²) in [6, 6.07) is 11.8. The Balaban J connectivity index is 2.13. The molecule has 2 N–H and O–H groups in total. The largest absolute Gasteiger partial charge is 0.309 e. The van der Waals surface area contributed by atoms with Crippen LogP contribution < -0.4 is 10.6 Å². The van der Waals surface area contributed by atoms with Gasteiger partial charge in [0, 0.05) is 17.6 Å². The first-order valence-corrected chi connectivity index (χ1v) is 6.62. The van der Waals surface area contributed by atoms with Gasteiger partial charge in [-0.3, -0.25) is 0 Å². The van der Waals surface area contributed by atoms with Gasteiger partial charge in [-0.05, 0) is 45.7 Å². The van der Waals surface area contributed by atoms with Crippen LogP contribution >= 0.6 is 0 Å². The first-order chi connectivity index (χ1) is 8.06. The lowest BCUT2D eigenvalue weighted by Crippen LogP contribution is -2.52. The van der Waals surface area contributed by atoms with Crippen molar-refractivity contribution in [2.24, 2.45) is 0 Å². The third-order valence-corrected chi connectivity index (χ3v) is 3.24. The number of hydrogen-bond acceptors (Lipinski definition) is 2. The first-order valence-electron chi connectivity index (χ1n) is 6.62. The molecule has 0 aromatic heterocycles. The monoisotopic (exact) mass is 232 g/mol. The van der Waals surface area contributed by atoms with Crippen LogP contribution in [-0.2, 0) is 0 Å². The summed E-state index contributed by atoms with van der Waals surface area (Å²) in [4.78, 5) is 0. The number of rotatable bonds is 2. The van der Waals surface area contributed by atoms with Gasteiger partial charge >= 0.3 is 0 Å². The summed E-state index contributed by atoms with van der Waals surface area (Å²) in [5, 5.41) is 7.39. The Morgan fingerprint density at radius 2 is 1.88 bits per heavy atom. The zero-order valence-electron chi connectivity index (χ0n) is 11.2. The Bertz CT molecular complexity index is 340. The van der Waals surface area contributed by atoms with Gasteiger partial charge in [-0.15, -0.1) is 0 Å². The van der Waals surface area contributed by atoms with Gasteiger partial charge in [0.25, 0.3) is 0 Å². The average molecular weight is 232 g/mol. The normalized spacial score (nSPS) is 25.8. The van der Waals surface area contributed by atoms with E-state index in [9.17, 15) is 0 Å². The van der Waals surface area contributed by atoms with Crippen molar-refractivity contribution in [2.75, 3.05) is 6.54 Å². The van der Waals surface area contributed by atoms with Crippen LogP contribution in [0.4, 0.5) is 0 Å². The maximum Gasteiger partial charge on any atom is 0.0476 e. The lowest BCUT2D eigenvalue weighted by atomic mass is 9.90. The van der Waals surface area contributed by atoms with Crippen molar-refractivity contribution >= 4 is 0 Å². The molecular weight excluding hydrogens is 208 g/mol. The van der Waals surface area contributed by atoms with Gasteiger partial charge in [-0.1, -0.05) is 30.3 Å². The van der Waals surface area contributed by atoms with E-state index in [1.54, 1.807) is 0 Å². The van der Waals surface area contributed by atoms with E-state index in [1.165, 1.54) is 18.4 Å². The van der Waals surface area contributed by atoms with Crippen molar-refractivity contribution in [3.05, 3.63) is 35.9 Å². The molecule has 2 heteroatoms. The van der Waals surface area contributed by atoms with Crippen LogP contribution in [0.3, 0.4) is 0 Å². The van der Waals surface area contributed by atoms with Gasteiger partial charge in [0.1, 0.15) is 0 Å². The predicted octanol–water partition coefficient (Wildman–Crippen LogP) is 2.87. The molecule has 0 radical (unpaired) electrons. The van der Waals surface area contributed by atoms with E-state index in [1.807, 2.05) is 0 Å². The molecule has 0 bridgehead atoms. The Hall–Kier alpha value is -0.860. The van der Waals surface area contributed by atoms with Crippen molar-refractivity contribution in [1.29, 1.82) is 0 Å². The van der Waals surface area contributed by atoms with Crippen molar-refractivity contribution < 1.29 is 0 Å². The minimum absolute atomic E-state index is 0.177. The molecule has 1 aromatic carbocycles. The van der Waals surface area contributed by atoms with Crippen LogP contribution in [-0.4, -0.2) is 18.1 Å². The summed E-state index contributed by atoms with van der Waals surface area (Å²) in [5.74, 6) is 0. The second kappa shape index (κ2) is 5.19. The highest BCUT2D eigenvalue weighted by Crippen LogP contribution is 2.25. The molecule has 1 saturated heterocycles. The SMILES string of the molecule is CC(C)(C)N[C@@H]1CCCN[C@H]1c1ccccc1. The quantitative estimate of drug-likeness (QED) is 0.819. The molecule has 0 spiro atoms. The second-order valence-electron chi connectivity index (χ2n) is 5.99. The predicted molar refractivity (Wildman–Crippen MR) is 73.1 cm³/mol. The van der Waals surface area contributed by atoms with Gasteiger partial charge in [0.2, 0.25) is 0 Å². The molecule has 1 heterocycles. The van der Waals surface area contributed by atoms with Crippen molar-refractivity contribution in [1.82, 2.24) is 10.6 Å². The van der Waals surface area contributed by atoms with Crippen molar-refractivity contribution in [3.63, 3.8) is 0 Å². The van der Waals surface area contributed by atoms with Gasteiger partial charge < -0.3 is 10.6 Å². The van der Waals surface area contributed by atoms with Crippen molar-refractivity contribution in [3.8, 4) is 0 Å². The minimum atomic E-state index is 0.177. The summed E-state index contributed by atoms with van der Waals surface area (Å²) in [5.41, 5.74) is 1.57. The first kappa shape index (κ1) is 12.6. The van der Waals surface area contributed by atoms with E-state index >= 15 is 0 Å². The topological polar surface area (TPSA) is 24.1 Å². The Labute approximate surface area is 105 Å². The molecule has 2 atom stereocenters. The zero-order chi connectivity index (χ0) is 12.3. The Morgan fingerprint density at radius 3 is 2.53 bits per heavy atom. The third-order valence-electron chi connectivity index (χ3n) is 3.24. The summed E-state index contributed by atoms with van der Waals surface area (Å²) < 4.78 is 0. The molecule has 94 valence electrons. The van der Waals surface area contributed by atoms with Gasteiger partial charge in [0.05, 0.1) is 0 Å². The lowest BCUT2D eigenvalue weighted by Gasteiger charge is -2.38. The third kappa shape index (κ3) is 3.55. The molecule has 0 unspecified atom stereocenters. The fourth-order valence-electron chi connectivity index (χ4n) is 2.61. The van der Waals surface area contributed by atoms with E-state index in [-0.39, 0.29) is 5.54 Å². The molecule has 0 amide bonds. The van der Waals surface area contributed by atoms with E-state index in [2.05, 4.69) is 61.7 Å². The lowest BCUT2D eigenvalue weighted by molar-refractivity contribution is 0.251. The minimum Gasteiger partial charge on any atom is -0.309 e. The molecule has 1 aliphatic heterocycles. The van der Waals surface area contributed by atoms with Gasteiger partial charge in [-0.2, -0.15) is 0 Å².